The minimum absolute atomic E-state index is 0.0271. The van der Waals surface area contributed by atoms with Crippen LogP contribution in [0.2, 0.25) is 0 Å². The third-order valence-corrected chi connectivity index (χ3v) is 4.59. The van der Waals surface area contributed by atoms with Gasteiger partial charge < -0.3 is 5.32 Å². The number of rotatable bonds is 2. The van der Waals surface area contributed by atoms with E-state index in [1.165, 1.54) is 16.9 Å². The molecule has 4 heteroatoms. The van der Waals surface area contributed by atoms with Crippen molar-refractivity contribution < 1.29 is 4.79 Å². The smallest absolute Gasteiger partial charge is 0.188 e. The van der Waals surface area contributed by atoms with Gasteiger partial charge in [-0.25, -0.2) is 4.98 Å². The Morgan fingerprint density at radius 1 is 1.20 bits per heavy atom. The second-order valence-corrected chi connectivity index (χ2v) is 7.23. The highest BCUT2D eigenvalue weighted by molar-refractivity contribution is 7.17. The largest absolute Gasteiger partial charge is 0.332 e. The van der Waals surface area contributed by atoms with E-state index in [4.69, 9.17) is 0 Å². The van der Waals surface area contributed by atoms with Crippen LogP contribution in [0, 0.1) is 12.3 Å². The van der Waals surface area contributed by atoms with Gasteiger partial charge in [0.05, 0.1) is 10.6 Å². The Hall–Kier alpha value is -1.68. The number of nitrogens with zero attached hydrogens (tertiary/aromatic N) is 1. The molecule has 0 bridgehead atoms. The lowest BCUT2D eigenvalue weighted by Gasteiger charge is -2.26. The Morgan fingerprint density at radius 2 is 1.90 bits per heavy atom. The van der Waals surface area contributed by atoms with Crippen LogP contribution in [0.1, 0.15) is 41.2 Å². The molecule has 0 amide bonds. The van der Waals surface area contributed by atoms with E-state index in [2.05, 4.69) is 43.2 Å². The number of carbonyl (C=O) groups is 1. The molecule has 0 unspecified atom stereocenters. The molecule has 0 spiro atoms. The highest BCUT2D eigenvalue weighted by Crippen LogP contribution is 2.38. The van der Waals surface area contributed by atoms with Gasteiger partial charge in [0.1, 0.15) is 0 Å². The van der Waals surface area contributed by atoms with E-state index in [1.807, 2.05) is 12.1 Å². The maximum atomic E-state index is 12.2. The molecule has 1 heterocycles. The fourth-order valence-corrected chi connectivity index (χ4v) is 3.47. The number of carbonyl (C=O) groups excluding carboxylic acids is 1. The number of nitrogens with one attached hydrogen (secondary N) is 1. The standard InChI is InChI=1S/C16H18N2OS/c1-10-4-6-11(7-5-10)17-15-18-12-8-16(2,3)9-13(19)14(12)20-15/h4-7H,8-9H2,1-3H3,(H,17,18). The molecular weight excluding hydrogens is 268 g/mol. The van der Waals surface area contributed by atoms with Crippen LogP contribution in [-0.2, 0) is 6.42 Å². The van der Waals surface area contributed by atoms with Gasteiger partial charge in [0.15, 0.2) is 10.9 Å². The number of thiazole rings is 1. The first-order valence-corrected chi connectivity index (χ1v) is 7.61. The van der Waals surface area contributed by atoms with Crippen molar-refractivity contribution in [1.82, 2.24) is 4.98 Å². The normalized spacial score (nSPS) is 16.9. The third kappa shape index (κ3) is 2.61. The molecular formula is C16H18N2OS. The average molecular weight is 286 g/mol. The zero-order valence-electron chi connectivity index (χ0n) is 12.0. The molecule has 1 aromatic carbocycles. The van der Waals surface area contributed by atoms with Crippen molar-refractivity contribution in [2.24, 2.45) is 5.41 Å². The minimum atomic E-state index is 0.0271. The molecule has 0 saturated heterocycles. The molecule has 1 aromatic heterocycles. The lowest BCUT2D eigenvalue weighted by Crippen LogP contribution is -2.25. The van der Waals surface area contributed by atoms with Gasteiger partial charge in [-0.3, -0.25) is 4.79 Å². The van der Waals surface area contributed by atoms with Gasteiger partial charge in [0.2, 0.25) is 0 Å². The first-order valence-electron chi connectivity index (χ1n) is 6.80. The number of aryl methyl sites for hydroxylation is 1. The monoisotopic (exact) mass is 286 g/mol. The Bertz CT molecular complexity index is 656. The van der Waals surface area contributed by atoms with Gasteiger partial charge in [0.25, 0.3) is 0 Å². The zero-order chi connectivity index (χ0) is 14.3. The van der Waals surface area contributed by atoms with Crippen LogP contribution in [0.5, 0.6) is 0 Å². The van der Waals surface area contributed by atoms with Gasteiger partial charge in [0, 0.05) is 12.1 Å². The molecule has 0 saturated carbocycles. The van der Waals surface area contributed by atoms with Crippen LogP contribution in [0.4, 0.5) is 10.8 Å². The zero-order valence-corrected chi connectivity index (χ0v) is 12.8. The van der Waals surface area contributed by atoms with Crippen molar-refractivity contribution >= 4 is 27.9 Å². The van der Waals surface area contributed by atoms with Crippen molar-refractivity contribution in [1.29, 1.82) is 0 Å². The molecule has 3 nitrogen and oxygen atoms in total. The number of ketones is 1. The maximum absolute atomic E-state index is 12.2. The molecule has 104 valence electrons. The predicted octanol–water partition coefficient (Wildman–Crippen LogP) is 4.35. The fourth-order valence-electron chi connectivity index (χ4n) is 2.53. The quantitative estimate of drug-likeness (QED) is 0.892. The lowest BCUT2D eigenvalue weighted by molar-refractivity contribution is 0.0916. The summed E-state index contributed by atoms with van der Waals surface area (Å²) in [6, 6.07) is 8.18. The molecule has 20 heavy (non-hydrogen) atoms. The fraction of sp³-hybridized carbons (Fsp3) is 0.375. The number of hydrogen-bond donors (Lipinski definition) is 1. The Kier molecular flexibility index (Phi) is 3.13. The molecule has 0 aliphatic heterocycles. The van der Waals surface area contributed by atoms with E-state index < -0.39 is 0 Å². The summed E-state index contributed by atoms with van der Waals surface area (Å²) in [5, 5.41) is 4.10. The Morgan fingerprint density at radius 3 is 2.60 bits per heavy atom. The van der Waals surface area contributed by atoms with Crippen LogP contribution in [0.15, 0.2) is 24.3 Å². The predicted molar refractivity (Wildman–Crippen MR) is 83.0 cm³/mol. The number of aromatic nitrogens is 1. The van der Waals surface area contributed by atoms with Gasteiger partial charge in [-0.05, 0) is 30.9 Å². The molecule has 0 fully saturated rings. The Balaban J connectivity index is 1.87. The van der Waals surface area contributed by atoms with Crippen LogP contribution in [0.3, 0.4) is 0 Å². The van der Waals surface area contributed by atoms with E-state index in [0.717, 1.165) is 27.8 Å². The SMILES string of the molecule is Cc1ccc(Nc2nc3c(s2)C(=O)CC(C)(C)C3)cc1. The van der Waals surface area contributed by atoms with Crippen molar-refractivity contribution in [2.45, 2.75) is 33.6 Å². The number of Topliss-reactive ketones (excluding diaryl/α,β-unsaturated/α-hetero) is 1. The number of benzene rings is 1. The summed E-state index contributed by atoms with van der Waals surface area (Å²) < 4.78 is 0. The second-order valence-electron chi connectivity index (χ2n) is 6.23. The van der Waals surface area contributed by atoms with Gasteiger partial charge >= 0.3 is 0 Å². The molecule has 0 radical (unpaired) electrons. The third-order valence-electron chi connectivity index (χ3n) is 3.54. The van der Waals surface area contributed by atoms with Crippen LogP contribution in [0.25, 0.3) is 0 Å². The maximum Gasteiger partial charge on any atom is 0.188 e. The van der Waals surface area contributed by atoms with E-state index in [1.54, 1.807) is 0 Å². The van der Waals surface area contributed by atoms with E-state index in [9.17, 15) is 4.79 Å². The summed E-state index contributed by atoms with van der Waals surface area (Å²) in [6.07, 6.45) is 1.49. The number of anilines is 2. The molecule has 2 aromatic rings. The highest BCUT2D eigenvalue weighted by atomic mass is 32.1. The van der Waals surface area contributed by atoms with Crippen molar-refractivity contribution in [2.75, 3.05) is 5.32 Å². The van der Waals surface area contributed by atoms with Crippen LogP contribution in [-0.4, -0.2) is 10.8 Å². The van der Waals surface area contributed by atoms with Crippen LogP contribution >= 0.6 is 11.3 Å². The number of fused-ring (bicyclic) bond motifs is 1. The van der Waals surface area contributed by atoms with Gasteiger partial charge in [-0.15, -0.1) is 0 Å². The lowest BCUT2D eigenvalue weighted by atomic mass is 9.78. The number of hydrogen-bond acceptors (Lipinski definition) is 4. The highest BCUT2D eigenvalue weighted by Gasteiger charge is 2.33. The summed E-state index contributed by atoms with van der Waals surface area (Å²) in [7, 11) is 0. The molecule has 3 rings (SSSR count). The van der Waals surface area contributed by atoms with E-state index in [0.29, 0.717) is 6.42 Å². The molecule has 1 aliphatic carbocycles. The summed E-state index contributed by atoms with van der Waals surface area (Å²) in [5.74, 6) is 0.228. The minimum Gasteiger partial charge on any atom is -0.332 e. The molecule has 1 aliphatic rings. The second kappa shape index (κ2) is 4.70. The first kappa shape index (κ1) is 13.3. The summed E-state index contributed by atoms with van der Waals surface area (Å²) in [6.45, 7) is 6.31. The Labute approximate surface area is 123 Å². The van der Waals surface area contributed by atoms with E-state index >= 15 is 0 Å². The van der Waals surface area contributed by atoms with Crippen molar-refractivity contribution in [3.63, 3.8) is 0 Å². The van der Waals surface area contributed by atoms with E-state index in [-0.39, 0.29) is 11.2 Å². The summed E-state index contributed by atoms with van der Waals surface area (Å²) >= 11 is 1.47. The average Bonchev–Trinajstić information content (AvgIpc) is 2.73. The molecule has 0 atom stereocenters. The van der Waals surface area contributed by atoms with Gasteiger partial charge in [-0.2, -0.15) is 0 Å². The summed E-state index contributed by atoms with van der Waals surface area (Å²) in [5.41, 5.74) is 3.21. The van der Waals surface area contributed by atoms with Crippen LogP contribution < -0.4 is 5.32 Å². The van der Waals surface area contributed by atoms with Gasteiger partial charge in [-0.1, -0.05) is 42.9 Å². The van der Waals surface area contributed by atoms with Crippen molar-refractivity contribution in [3.8, 4) is 0 Å². The van der Waals surface area contributed by atoms with Crippen molar-refractivity contribution in [3.05, 3.63) is 40.4 Å². The molecule has 1 N–H and O–H groups in total. The topological polar surface area (TPSA) is 42.0 Å². The first-order chi connectivity index (χ1) is 9.43. The summed E-state index contributed by atoms with van der Waals surface area (Å²) in [4.78, 5) is 17.6.